The molecule has 0 saturated heterocycles. The first kappa shape index (κ1) is 15.6. The maximum absolute atomic E-state index is 11.3. The third-order valence-corrected chi connectivity index (χ3v) is 2.92. The fourth-order valence-electron chi connectivity index (χ4n) is 1.76. The van der Waals surface area contributed by atoms with Gasteiger partial charge in [-0.25, -0.2) is 4.79 Å². The monoisotopic (exact) mass is 301 g/mol. The molecule has 22 heavy (non-hydrogen) atoms. The summed E-state index contributed by atoms with van der Waals surface area (Å²) < 4.78 is 10.4. The van der Waals surface area contributed by atoms with Gasteiger partial charge in [-0.1, -0.05) is 29.8 Å². The van der Waals surface area contributed by atoms with E-state index in [1.165, 1.54) is 5.56 Å². The zero-order valence-electron chi connectivity index (χ0n) is 12.6. The quantitative estimate of drug-likeness (QED) is 0.886. The first-order valence-electron chi connectivity index (χ1n) is 6.97. The second-order valence-corrected chi connectivity index (χ2v) is 4.70. The van der Waals surface area contributed by atoms with Crippen LogP contribution in [0.15, 0.2) is 36.4 Å². The Labute approximate surface area is 129 Å². The molecule has 1 heterocycles. The molecular weight excluding hydrogens is 282 g/mol. The number of hydrogen-bond acceptors (Lipinski definition) is 5. The lowest BCUT2D eigenvalue weighted by Crippen LogP contribution is -2.15. The van der Waals surface area contributed by atoms with Crippen LogP contribution in [-0.4, -0.2) is 17.7 Å². The SMILES string of the molecule is CCOC(=O)Nc1ccc(OCc2ccc(C)cc2)nc1N. The summed E-state index contributed by atoms with van der Waals surface area (Å²) in [5.41, 5.74) is 8.42. The molecule has 6 heteroatoms. The van der Waals surface area contributed by atoms with Crippen molar-refractivity contribution in [2.75, 3.05) is 17.7 Å². The third kappa shape index (κ3) is 4.37. The molecule has 0 fully saturated rings. The minimum atomic E-state index is -0.565. The van der Waals surface area contributed by atoms with Crippen molar-refractivity contribution >= 4 is 17.6 Å². The van der Waals surface area contributed by atoms with E-state index in [-0.39, 0.29) is 12.4 Å². The van der Waals surface area contributed by atoms with Gasteiger partial charge in [-0.2, -0.15) is 4.98 Å². The number of nitrogens with one attached hydrogen (secondary N) is 1. The van der Waals surface area contributed by atoms with Gasteiger partial charge in [-0.15, -0.1) is 0 Å². The van der Waals surface area contributed by atoms with E-state index in [0.29, 0.717) is 18.2 Å². The first-order chi connectivity index (χ1) is 10.6. The van der Waals surface area contributed by atoms with E-state index >= 15 is 0 Å². The van der Waals surface area contributed by atoms with Crippen LogP contribution in [0.2, 0.25) is 0 Å². The number of nitrogen functional groups attached to an aromatic ring is 1. The number of carbonyl (C=O) groups is 1. The molecule has 0 bridgehead atoms. The Kier molecular flexibility index (Phi) is 5.19. The highest BCUT2D eigenvalue weighted by Gasteiger charge is 2.08. The Hall–Kier alpha value is -2.76. The van der Waals surface area contributed by atoms with Gasteiger partial charge in [0.2, 0.25) is 5.88 Å². The van der Waals surface area contributed by atoms with Crippen LogP contribution < -0.4 is 15.8 Å². The number of carbonyl (C=O) groups excluding carboxylic acids is 1. The Bertz CT molecular complexity index is 642. The normalized spacial score (nSPS) is 10.1. The highest BCUT2D eigenvalue weighted by molar-refractivity contribution is 5.88. The van der Waals surface area contributed by atoms with E-state index in [4.69, 9.17) is 15.2 Å². The summed E-state index contributed by atoms with van der Waals surface area (Å²) in [7, 11) is 0. The molecule has 6 nitrogen and oxygen atoms in total. The van der Waals surface area contributed by atoms with E-state index in [1.807, 2.05) is 31.2 Å². The smallest absolute Gasteiger partial charge is 0.411 e. The number of ether oxygens (including phenoxy) is 2. The summed E-state index contributed by atoms with van der Waals surface area (Å²) in [6, 6.07) is 11.3. The maximum atomic E-state index is 11.3. The van der Waals surface area contributed by atoms with Crippen molar-refractivity contribution in [2.45, 2.75) is 20.5 Å². The van der Waals surface area contributed by atoms with Gasteiger partial charge >= 0.3 is 6.09 Å². The predicted molar refractivity (Wildman–Crippen MR) is 84.8 cm³/mol. The zero-order valence-corrected chi connectivity index (χ0v) is 12.6. The van der Waals surface area contributed by atoms with Gasteiger partial charge in [-0.3, -0.25) is 5.32 Å². The Morgan fingerprint density at radius 3 is 2.59 bits per heavy atom. The highest BCUT2D eigenvalue weighted by Crippen LogP contribution is 2.21. The van der Waals surface area contributed by atoms with E-state index in [0.717, 1.165) is 5.56 Å². The van der Waals surface area contributed by atoms with Crippen LogP contribution in [0.25, 0.3) is 0 Å². The van der Waals surface area contributed by atoms with Crippen molar-refractivity contribution in [1.29, 1.82) is 0 Å². The average molecular weight is 301 g/mol. The van der Waals surface area contributed by atoms with Crippen LogP contribution in [0.5, 0.6) is 5.88 Å². The molecule has 0 atom stereocenters. The molecule has 3 N–H and O–H groups in total. The topological polar surface area (TPSA) is 86.5 Å². The van der Waals surface area contributed by atoms with Gasteiger partial charge in [0, 0.05) is 6.07 Å². The molecule has 2 aromatic rings. The Morgan fingerprint density at radius 2 is 1.95 bits per heavy atom. The van der Waals surface area contributed by atoms with Crippen LogP contribution in [0.1, 0.15) is 18.1 Å². The largest absolute Gasteiger partial charge is 0.473 e. The van der Waals surface area contributed by atoms with Crippen molar-refractivity contribution in [1.82, 2.24) is 4.98 Å². The number of nitrogens with zero attached hydrogens (tertiary/aromatic N) is 1. The summed E-state index contributed by atoms with van der Waals surface area (Å²) in [6.07, 6.45) is -0.565. The van der Waals surface area contributed by atoms with Crippen molar-refractivity contribution < 1.29 is 14.3 Å². The van der Waals surface area contributed by atoms with E-state index in [9.17, 15) is 4.79 Å². The lowest BCUT2D eigenvalue weighted by Gasteiger charge is -2.10. The summed E-state index contributed by atoms with van der Waals surface area (Å²) >= 11 is 0. The third-order valence-electron chi connectivity index (χ3n) is 2.92. The van der Waals surface area contributed by atoms with Crippen molar-refractivity contribution in [3.63, 3.8) is 0 Å². The molecular formula is C16H19N3O3. The van der Waals surface area contributed by atoms with E-state index < -0.39 is 6.09 Å². The standard InChI is InChI=1S/C16H19N3O3/c1-3-21-16(20)18-13-8-9-14(19-15(13)17)22-10-12-6-4-11(2)5-7-12/h4-9H,3,10H2,1-2H3,(H2,17,19)(H,18,20). The summed E-state index contributed by atoms with van der Waals surface area (Å²) in [6.45, 7) is 4.44. The number of pyridine rings is 1. The van der Waals surface area contributed by atoms with Crippen LogP contribution in [0.3, 0.4) is 0 Å². The van der Waals surface area contributed by atoms with Crippen LogP contribution in [0, 0.1) is 6.92 Å². The number of amides is 1. The van der Waals surface area contributed by atoms with Crippen LogP contribution >= 0.6 is 0 Å². The molecule has 2 rings (SSSR count). The number of aromatic nitrogens is 1. The molecule has 0 spiro atoms. The summed E-state index contributed by atoms with van der Waals surface area (Å²) in [5.74, 6) is 0.571. The molecule has 0 aliphatic carbocycles. The van der Waals surface area contributed by atoms with Crippen molar-refractivity contribution in [3.05, 3.63) is 47.5 Å². The predicted octanol–water partition coefficient (Wildman–Crippen LogP) is 3.12. The van der Waals surface area contributed by atoms with E-state index in [1.54, 1.807) is 19.1 Å². The molecule has 0 aliphatic rings. The van der Waals surface area contributed by atoms with Crippen molar-refractivity contribution in [2.24, 2.45) is 0 Å². The zero-order chi connectivity index (χ0) is 15.9. The van der Waals surface area contributed by atoms with Crippen LogP contribution in [-0.2, 0) is 11.3 Å². The highest BCUT2D eigenvalue weighted by atomic mass is 16.5. The number of benzene rings is 1. The minimum Gasteiger partial charge on any atom is -0.473 e. The van der Waals surface area contributed by atoms with Gasteiger partial charge in [-0.05, 0) is 25.5 Å². The number of hydrogen-bond donors (Lipinski definition) is 2. The van der Waals surface area contributed by atoms with Gasteiger partial charge in [0.25, 0.3) is 0 Å². The molecule has 0 radical (unpaired) electrons. The lowest BCUT2D eigenvalue weighted by molar-refractivity contribution is 0.168. The summed E-state index contributed by atoms with van der Waals surface area (Å²) in [4.78, 5) is 15.4. The maximum Gasteiger partial charge on any atom is 0.411 e. The van der Waals surface area contributed by atoms with Crippen LogP contribution in [0.4, 0.5) is 16.3 Å². The van der Waals surface area contributed by atoms with Gasteiger partial charge in [0.1, 0.15) is 6.61 Å². The molecule has 0 aliphatic heterocycles. The molecule has 1 amide bonds. The fourth-order valence-corrected chi connectivity index (χ4v) is 1.76. The summed E-state index contributed by atoms with van der Waals surface area (Å²) in [5, 5.41) is 2.51. The molecule has 1 aromatic heterocycles. The Balaban J connectivity index is 1.97. The Morgan fingerprint density at radius 1 is 1.23 bits per heavy atom. The fraction of sp³-hybridized carbons (Fsp3) is 0.250. The van der Waals surface area contributed by atoms with Gasteiger partial charge in [0.15, 0.2) is 5.82 Å². The second kappa shape index (κ2) is 7.31. The number of nitrogens with two attached hydrogens (primary N) is 1. The van der Waals surface area contributed by atoms with E-state index in [2.05, 4.69) is 10.3 Å². The molecule has 0 unspecified atom stereocenters. The number of rotatable bonds is 5. The van der Waals surface area contributed by atoms with Gasteiger partial charge < -0.3 is 15.2 Å². The number of aryl methyl sites for hydroxylation is 1. The van der Waals surface area contributed by atoms with Crippen molar-refractivity contribution in [3.8, 4) is 5.88 Å². The number of anilines is 2. The molecule has 1 aromatic carbocycles. The molecule has 0 saturated carbocycles. The minimum absolute atomic E-state index is 0.175. The van der Waals surface area contributed by atoms with Gasteiger partial charge in [0.05, 0.1) is 12.3 Å². The first-order valence-corrected chi connectivity index (χ1v) is 6.97. The average Bonchev–Trinajstić information content (AvgIpc) is 2.49. The second-order valence-electron chi connectivity index (χ2n) is 4.70. The molecule has 116 valence electrons. The lowest BCUT2D eigenvalue weighted by atomic mass is 10.2.